The van der Waals surface area contributed by atoms with Gasteiger partial charge in [0.25, 0.3) is 6.08 Å². The molecular weight excluding hydrogens is 232 g/mol. The predicted octanol–water partition coefficient (Wildman–Crippen LogP) is 2.14. The number of likely N-dealkylation sites (tertiary alicyclic amines) is 1. The average Bonchev–Trinajstić information content (AvgIpc) is 2.58. The minimum atomic E-state index is -1.78. The minimum Gasteiger partial charge on any atom is -0.444 e. The van der Waals surface area contributed by atoms with E-state index in [2.05, 4.69) is 0 Å². The van der Waals surface area contributed by atoms with E-state index < -0.39 is 23.8 Å². The molecule has 0 unspecified atom stereocenters. The molecule has 1 fully saturated rings. The van der Waals surface area contributed by atoms with Gasteiger partial charge in [-0.25, -0.2) is 4.79 Å². The van der Waals surface area contributed by atoms with Gasteiger partial charge in [0, 0.05) is 5.57 Å². The number of carbonyl (C=O) groups excluding carboxylic acids is 1. The lowest BCUT2D eigenvalue weighted by atomic mass is 10.2. The first kappa shape index (κ1) is 13.9. The second kappa shape index (κ2) is 5.00. The second-order valence-electron chi connectivity index (χ2n) is 5.01. The zero-order valence-electron chi connectivity index (χ0n) is 10.2. The number of halogens is 2. The smallest absolute Gasteiger partial charge is 0.410 e. The zero-order chi connectivity index (χ0) is 13.2. The molecule has 1 amide bonds. The molecule has 98 valence electrons. The van der Waals surface area contributed by atoms with Gasteiger partial charge in [-0.05, 0) is 27.2 Å². The van der Waals surface area contributed by atoms with E-state index in [1.807, 2.05) is 0 Å². The van der Waals surface area contributed by atoms with Crippen LogP contribution in [-0.2, 0) is 4.74 Å². The van der Waals surface area contributed by atoms with Gasteiger partial charge in [0.15, 0.2) is 0 Å². The Labute approximate surface area is 98.9 Å². The molecular formula is C11H17F2NO3. The maximum atomic E-state index is 12.4. The van der Waals surface area contributed by atoms with Crippen molar-refractivity contribution in [1.29, 1.82) is 0 Å². The van der Waals surface area contributed by atoms with Crippen LogP contribution in [0, 0.1) is 0 Å². The highest BCUT2D eigenvalue weighted by atomic mass is 19.3. The second-order valence-corrected chi connectivity index (χ2v) is 5.01. The molecule has 1 N–H and O–H groups in total. The van der Waals surface area contributed by atoms with Crippen LogP contribution in [-0.4, -0.2) is 40.9 Å². The molecule has 0 aromatic heterocycles. The first-order valence-electron chi connectivity index (χ1n) is 5.38. The lowest BCUT2D eigenvalue weighted by Crippen LogP contribution is -2.41. The third kappa shape index (κ3) is 3.66. The summed E-state index contributed by atoms with van der Waals surface area (Å²) in [6, 6.07) is -0.624. The third-order valence-electron chi connectivity index (χ3n) is 2.39. The molecule has 1 aliphatic heterocycles. The van der Waals surface area contributed by atoms with E-state index in [1.54, 1.807) is 20.8 Å². The molecule has 1 aliphatic rings. The van der Waals surface area contributed by atoms with Crippen molar-refractivity contribution in [3.63, 3.8) is 0 Å². The maximum absolute atomic E-state index is 12.4. The van der Waals surface area contributed by atoms with Gasteiger partial charge >= 0.3 is 6.09 Å². The molecule has 1 atom stereocenters. The summed E-state index contributed by atoms with van der Waals surface area (Å²) in [7, 11) is 0. The molecule has 0 aromatic rings. The van der Waals surface area contributed by atoms with E-state index in [4.69, 9.17) is 9.84 Å². The normalized spacial score (nSPS) is 20.7. The number of carbonyl (C=O) groups is 1. The topological polar surface area (TPSA) is 49.8 Å². The number of ether oxygens (including phenoxy) is 1. The van der Waals surface area contributed by atoms with Crippen LogP contribution in [0.4, 0.5) is 13.6 Å². The monoisotopic (exact) mass is 249 g/mol. The molecule has 0 radical (unpaired) electrons. The summed E-state index contributed by atoms with van der Waals surface area (Å²) in [5, 5.41) is 9.07. The Balaban J connectivity index is 2.76. The molecule has 1 heterocycles. The van der Waals surface area contributed by atoms with Gasteiger partial charge < -0.3 is 9.84 Å². The Morgan fingerprint density at radius 2 is 2.12 bits per heavy atom. The Morgan fingerprint density at radius 1 is 1.53 bits per heavy atom. The van der Waals surface area contributed by atoms with Crippen molar-refractivity contribution in [1.82, 2.24) is 4.90 Å². The van der Waals surface area contributed by atoms with E-state index >= 15 is 0 Å². The number of aliphatic hydroxyl groups is 1. The average molecular weight is 249 g/mol. The van der Waals surface area contributed by atoms with Crippen LogP contribution in [0.15, 0.2) is 11.7 Å². The molecule has 0 aromatic carbocycles. The summed E-state index contributed by atoms with van der Waals surface area (Å²) < 4.78 is 30.0. The highest BCUT2D eigenvalue weighted by Crippen LogP contribution is 2.27. The highest BCUT2D eigenvalue weighted by Gasteiger charge is 2.35. The molecule has 1 rings (SSSR count). The van der Waals surface area contributed by atoms with Crippen molar-refractivity contribution in [3.8, 4) is 0 Å². The van der Waals surface area contributed by atoms with Gasteiger partial charge in [0.2, 0.25) is 0 Å². The Morgan fingerprint density at radius 3 is 2.53 bits per heavy atom. The zero-order valence-corrected chi connectivity index (χ0v) is 10.2. The lowest BCUT2D eigenvalue weighted by Gasteiger charge is -2.27. The molecule has 17 heavy (non-hydrogen) atoms. The molecule has 0 saturated carbocycles. The standard InChI is InChI=1S/C11H17F2NO3/c1-11(2,3)17-10(16)14-5-7(9(12)13)4-8(14)6-15/h8,15H,4-6H2,1-3H3/t8-/m0/s1. The maximum Gasteiger partial charge on any atom is 0.410 e. The van der Waals surface area contributed by atoms with Gasteiger partial charge in [-0.15, -0.1) is 0 Å². The van der Waals surface area contributed by atoms with Gasteiger partial charge in [-0.3, -0.25) is 4.90 Å². The van der Waals surface area contributed by atoms with Crippen molar-refractivity contribution in [2.75, 3.05) is 13.2 Å². The highest BCUT2D eigenvalue weighted by molar-refractivity contribution is 5.69. The predicted molar refractivity (Wildman–Crippen MR) is 57.7 cm³/mol. The summed E-state index contributed by atoms with van der Waals surface area (Å²) in [6.45, 7) is 4.56. The summed E-state index contributed by atoms with van der Waals surface area (Å²) in [6.07, 6.45) is -2.46. The summed E-state index contributed by atoms with van der Waals surface area (Å²) in [4.78, 5) is 12.9. The summed E-state index contributed by atoms with van der Waals surface area (Å²) in [5.41, 5.74) is -0.799. The largest absolute Gasteiger partial charge is 0.444 e. The molecule has 1 saturated heterocycles. The van der Waals surface area contributed by atoms with Crippen LogP contribution in [0.1, 0.15) is 27.2 Å². The molecule has 0 aliphatic carbocycles. The van der Waals surface area contributed by atoms with E-state index in [-0.39, 0.29) is 25.1 Å². The SMILES string of the molecule is CC(C)(C)OC(=O)N1CC(=C(F)F)C[C@H]1CO. The van der Waals surface area contributed by atoms with Gasteiger partial charge in [-0.1, -0.05) is 0 Å². The van der Waals surface area contributed by atoms with Crippen LogP contribution in [0.25, 0.3) is 0 Å². The Bertz CT molecular complexity index is 332. The number of nitrogens with zero attached hydrogens (tertiary/aromatic N) is 1. The Kier molecular flexibility index (Phi) is 4.08. The van der Waals surface area contributed by atoms with Crippen LogP contribution in [0.2, 0.25) is 0 Å². The van der Waals surface area contributed by atoms with E-state index in [1.165, 1.54) is 0 Å². The quantitative estimate of drug-likeness (QED) is 0.774. The van der Waals surface area contributed by atoms with Crippen molar-refractivity contribution in [2.24, 2.45) is 0 Å². The van der Waals surface area contributed by atoms with Crippen LogP contribution in [0.3, 0.4) is 0 Å². The van der Waals surface area contributed by atoms with Crippen molar-refractivity contribution < 1.29 is 23.4 Å². The molecule has 0 spiro atoms. The fraction of sp³-hybridized carbons (Fsp3) is 0.727. The van der Waals surface area contributed by atoms with Crippen molar-refractivity contribution in [2.45, 2.75) is 38.8 Å². The first-order valence-corrected chi connectivity index (χ1v) is 5.38. The van der Waals surface area contributed by atoms with Gasteiger partial charge in [-0.2, -0.15) is 8.78 Å². The van der Waals surface area contributed by atoms with Crippen LogP contribution in [0.5, 0.6) is 0 Å². The summed E-state index contributed by atoms with van der Waals surface area (Å²) >= 11 is 0. The van der Waals surface area contributed by atoms with Gasteiger partial charge in [0.1, 0.15) is 5.60 Å². The number of rotatable bonds is 1. The fourth-order valence-corrected chi connectivity index (χ4v) is 1.63. The fourth-order valence-electron chi connectivity index (χ4n) is 1.63. The molecule has 4 nitrogen and oxygen atoms in total. The first-order chi connectivity index (χ1) is 7.74. The number of amides is 1. The van der Waals surface area contributed by atoms with Crippen molar-refractivity contribution in [3.05, 3.63) is 11.7 Å². The van der Waals surface area contributed by atoms with E-state index in [9.17, 15) is 13.6 Å². The number of aliphatic hydroxyl groups excluding tert-OH is 1. The molecule has 6 heteroatoms. The van der Waals surface area contributed by atoms with E-state index in [0.717, 1.165) is 4.90 Å². The molecule has 0 bridgehead atoms. The third-order valence-corrected chi connectivity index (χ3v) is 2.39. The Hall–Kier alpha value is -1.17. The van der Waals surface area contributed by atoms with Crippen LogP contribution >= 0.6 is 0 Å². The summed E-state index contributed by atoms with van der Waals surface area (Å²) in [5.74, 6) is 0. The van der Waals surface area contributed by atoms with Crippen molar-refractivity contribution >= 4 is 6.09 Å². The number of hydrogen-bond donors (Lipinski definition) is 1. The van der Waals surface area contributed by atoms with Gasteiger partial charge in [0.05, 0.1) is 19.2 Å². The lowest BCUT2D eigenvalue weighted by molar-refractivity contribution is 0.0178. The van der Waals surface area contributed by atoms with Crippen LogP contribution < -0.4 is 0 Å². The van der Waals surface area contributed by atoms with E-state index in [0.29, 0.717) is 0 Å². The number of hydrogen-bond acceptors (Lipinski definition) is 3. The minimum absolute atomic E-state index is 0.00191.